The number of thiocarbonyl (C=S) groups is 1. The van der Waals surface area contributed by atoms with E-state index in [-0.39, 0.29) is 23.3 Å². The zero-order chi connectivity index (χ0) is 18.9. The van der Waals surface area contributed by atoms with Gasteiger partial charge in [-0.05, 0) is 41.9 Å². The molecule has 26 heavy (non-hydrogen) atoms. The predicted molar refractivity (Wildman–Crippen MR) is 108 cm³/mol. The molecule has 0 heterocycles. The smallest absolute Gasteiger partial charge is 0.230 e. The number of anilines is 1. The first-order chi connectivity index (χ1) is 12.4. The third-order valence-corrected chi connectivity index (χ3v) is 4.00. The molecule has 0 aromatic heterocycles. The lowest BCUT2D eigenvalue weighted by Gasteiger charge is -2.11. The van der Waals surface area contributed by atoms with Crippen LogP contribution < -0.4 is 10.6 Å². The van der Waals surface area contributed by atoms with Crippen molar-refractivity contribution in [1.82, 2.24) is 10.2 Å². The van der Waals surface area contributed by atoms with Gasteiger partial charge in [0.05, 0.1) is 6.42 Å². The topological polar surface area (TPSA) is 61.4 Å². The van der Waals surface area contributed by atoms with Crippen molar-refractivity contribution >= 4 is 34.8 Å². The van der Waals surface area contributed by atoms with Crippen LogP contribution >= 0.6 is 12.2 Å². The highest BCUT2D eigenvalue weighted by Gasteiger charge is 2.07. The van der Waals surface area contributed by atoms with Gasteiger partial charge in [-0.2, -0.15) is 0 Å². The van der Waals surface area contributed by atoms with E-state index in [1.54, 1.807) is 19.0 Å². The second-order valence-electron chi connectivity index (χ2n) is 6.15. The van der Waals surface area contributed by atoms with Crippen LogP contribution in [0.3, 0.4) is 0 Å². The van der Waals surface area contributed by atoms with Crippen LogP contribution in [0.1, 0.15) is 17.5 Å². The van der Waals surface area contributed by atoms with Gasteiger partial charge in [-0.1, -0.05) is 42.5 Å². The zero-order valence-electron chi connectivity index (χ0n) is 15.0. The van der Waals surface area contributed by atoms with Crippen molar-refractivity contribution in [2.24, 2.45) is 0 Å². The summed E-state index contributed by atoms with van der Waals surface area (Å²) < 4.78 is 0. The van der Waals surface area contributed by atoms with Crippen LogP contribution in [0.15, 0.2) is 54.6 Å². The van der Waals surface area contributed by atoms with Crippen LogP contribution in [-0.4, -0.2) is 35.9 Å². The second-order valence-corrected chi connectivity index (χ2v) is 6.56. The van der Waals surface area contributed by atoms with E-state index in [0.717, 1.165) is 16.8 Å². The molecule has 0 saturated carbocycles. The first-order valence-corrected chi connectivity index (χ1v) is 8.78. The molecule has 0 spiro atoms. The fraction of sp³-hybridized carbons (Fsp3) is 0.250. The van der Waals surface area contributed by atoms with E-state index in [1.807, 2.05) is 54.6 Å². The summed E-state index contributed by atoms with van der Waals surface area (Å²) in [5, 5.41) is 5.93. The Kier molecular flexibility index (Phi) is 7.29. The molecular weight excluding hydrogens is 346 g/mol. The Morgan fingerprint density at radius 3 is 2.23 bits per heavy atom. The van der Waals surface area contributed by atoms with Gasteiger partial charge in [0.15, 0.2) is 5.11 Å². The number of nitrogens with one attached hydrogen (secondary N) is 2. The van der Waals surface area contributed by atoms with Crippen molar-refractivity contribution < 1.29 is 9.59 Å². The monoisotopic (exact) mass is 369 g/mol. The summed E-state index contributed by atoms with van der Waals surface area (Å²) in [5.41, 5.74) is 2.80. The summed E-state index contributed by atoms with van der Waals surface area (Å²) in [6.07, 6.45) is 1.45. The van der Waals surface area contributed by atoms with Gasteiger partial charge in [-0.15, -0.1) is 0 Å². The standard InChI is InChI=1S/C20H23N3O2S/c1-23(2)19(25)13-10-15-8-11-17(12-9-15)21-20(26)22-18(24)14-16-6-4-3-5-7-16/h3-9,11-12H,10,13-14H2,1-2H3,(H2,21,22,24,26). The molecule has 0 fully saturated rings. The minimum Gasteiger partial charge on any atom is -0.349 e. The van der Waals surface area contributed by atoms with E-state index in [2.05, 4.69) is 10.6 Å². The number of nitrogens with zero attached hydrogens (tertiary/aromatic N) is 1. The Bertz CT molecular complexity index is 758. The molecule has 136 valence electrons. The fourth-order valence-corrected chi connectivity index (χ4v) is 2.58. The molecule has 2 N–H and O–H groups in total. The van der Waals surface area contributed by atoms with Gasteiger partial charge in [0.2, 0.25) is 11.8 Å². The molecule has 2 amide bonds. The molecule has 2 rings (SSSR count). The number of aryl methyl sites for hydroxylation is 1. The number of benzene rings is 2. The van der Waals surface area contributed by atoms with Gasteiger partial charge in [-0.25, -0.2) is 0 Å². The first-order valence-electron chi connectivity index (χ1n) is 8.38. The van der Waals surface area contributed by atoms with E-state index in [0.29, 0.717) is 12.8 Å². The molecule has 2 aromatic rings. The Morgan fingerprint density at radius 1 is 0.962 bits per heavy atom. The average molecular weight is 369 g/mol. The number of amides is 2. The molecule has 0 aliphatic carbocycles. The molecule has 0 atom stereocenters. The molecule has 5 nitrogen and oxygen atoms in total. The van der Waals surface area contributed by atoms with E-state index in [1.165, 1.54) is 0 Å². The molecule has 2 aromatic carbocycles. The van der Waals surface area contributed by atoms with Crippen LogP contribution in [0.4, 0.5) is 5.69 Å². The van der Waals surface area contributed by atoms with Crippen molar-refractivity contribution in [2.45, 2.75) is 19.3 Å². The maximum Gasteiger partial charge on any atom is 0.230 e. The fourth-order valence-electron chi connectivity index (χ4n) is 2.34. The van der Waals surface area contributed by atoms with Gasteiger partial charge < -0.3 is 15.5 Å². The summed E-state index contributed by atoms with van der Waals surface area (Å²) in [7, 11) is 3.50. The molecule has 6 heteroatoms. The number of rotatable bonds is 6. The van der Waals surface area contributed by atoms with Crippen LogP contribution in [0.25, 0.3) is 0 Å². The summed E-state index contributed by atoms with van der Waals surface area (Å²) in [5.74, 6) is -0.0537. The molecule has 0 unspecified atom stereocenters. The summed E-state index contributed by atoms with van der Waals surface area (Å²) in [6, 6.07) is 17.1. The summed E-state index contributed by atoms with van der Waals surface area (Å²) >= 11 is 5.18. The maximum atomic E-state index is 12.0. The largest absolute Gasteiger partial charge is 0.349 e. The average Bonchev–Trinajstić information content (AvgIpc) is 2.61. The van der Waals surface area contributed by atoms with Gasteiger partial charge in [0.1, 0.15) is 0 Å². The summed E-state index contributed by atoms with van der Waals surface area (Å²) in [4.78, 5) is 25.2. The highest BCUT2D eigenvalue weighted by atomic mass is 32.1. The zero-order valence-corrected chi connectivity index (χ0v) is 15.8. The number of carbonyl (C=O) groups excluding carboxylic acids is 2. The Balaban J connectivity index is 1.79. The lowest BCUT2D eigenvalue weighted by molar-refractivity contribution is -0.128. The molecular formula is C20H23N3O2S. The lowest BCUT2D eigenvalue weighted by atomic mass is 10.1. The van der Waals surface area contributed by atoms with Gasteiger partial charge >= 0.3 is 0 Å². The van der Waals surface area contributed by atoms with Gasteiger partial charge in [-0.3, -0.25) is 9.59 Å². The van der Waals surface area contributed by atoms with E-state index < -0.39 is 0 Å². The normalized spacial score (nSPS) is 10.1. The molecule has 0 aliphatic rings. The van der Waals surface area contributed by atoms with Crippen molar-refractivity contribution in [1.29, 1.82) is 0 Å². The highest BCUT2D eigenvalue weighted by Crippen LogP contribution is 2.11. The summed E-state index contributed by atoms with van der Waals surface area (Å²) in [6.45, 7) is 0. The number of carbonyl (C=O) groups is 2. The van der Waals surface area contributed by atoms with E-state index >= 15 is 0 Å². The van der Waals surface area contributed by atoms with Crippen molar-refractivity contribution in [2.75, 3.05) is 19.4 Å². The van der Waals surface area contributed by atoms with E-state index in [4.69, 9.17) is 12.2 Å². The quantitative estimate of drug-likeness (QED) is 0.769. The van der Waals surface area contributed by atoms with E-state index in [9.17, 15) is 9.59 Å². The Hall–Kier alpha value is -2.73. The van der Waals surface area contributed by atoms with Gasteiger partial charge in [0, 0.05) is 26.2 Å². The minimum atomic E-state index is -0.160. The van der Waals surface area contributed by atoms with Crippen LogP contribution in [-0.2, 0) is 22.4 Å². The van der Waals surface area contributed by atoms with Crippen molar-refractivity contribution in [3.8, 4) is 0 Å². The number of hydrogen-bond acceptors (Lipinski definition) is 3. The first kappa shape index (κ1) is 19.6. The van der Waals surface area contributed by atoms with Crippen LogP contribution in [0.2, 0.25) is 0 Å². The lowest BCUT2D eigenvalue weighted by Crippen LogP contribution is -2.35. The minimum absolute atomic E-state index is 0.106. The Morgan fingerprint density at radius 2 is 1.62 bits per heavy atom. The third-order valence-electron chi connectivity index (χ3n) is 3.80. The number of hydrogen-bond donors (Lipinski definition) is 2. The molecule has 0 radical (unpaired) electrons. The third kappa shape index (κ3) is 6.64. The molecule has 0 saturated heterocycles. The molecule has 0 aliphatic heterocycles. The SMILES string of the molecule is CN(C)C(=O)CCc1ccc(NC(=S)NC(=O)Cc2ccccc2)cc1. The van der Waals surface area contributed by atoms with Crippen molar-refractivity contribution in [3.05, 3.63) is 65.7 Å². The van der Waals surface area contributed by atoms with Crippen molar-refractivity contribution in [3.63, 3.8) is 0 Å². The van der Waals surface area contributed by atoms with Crippen LogP contribution in [0.5, 0.6) is 0 Å². The highest BCUT2D eigenvalue weighted by molar-refractivity contribution is 7.80. The molecule has 0 bridgehead atoms. The second kappa shape index (κ2) is 9.68. The Labute approximate surface area is 159 Å². The maximum absolute atomic E-state index is 12.0. The van der Waals surface area contributed by atoms with Gasteiger partial charge in [0.25, 0.3) is 0 Å². The predicted octanol–water partition coefficient (Wildman–Crippen LogP) is 2.76. The van der Waals surface area contributed by atoms with Crippen LogP contribution in [0, 0.1) is 0 Å².